The van der Waals surface area contributed by atoms with Gasteiger partial charge in [0.2, 0.25) is 5.91 Å². The third-order valence-electron chi connectivity index (χ3n) is 5.77. The highest BCUT2D eigenvalue weighted by Crippen LogP contribution is 2.36. The van der Waals surface area contributed by atoms with E-state index in [4.69, 9.17) is 0 Å². The maximum atomic E-state index is 12.9. The zero-order chi connectivity index (χ0) is 16.4. The SMILES string of the molecule is CCC1(CO)CCN(C2CCCN(c3ccn(C)n3)C2=O)CC1. The first-order valence-corrected chi connectivity index (χ1v) is 8.74. The number of likely N-dealkylation sites (tertiary alicyclic amines) is 1. The zero-order valence-corrected chi connectivity index (χ0v) is 14.2. The number of aryl methyl sites for hydroxylation is 1. The second kappa shape index (κ2) is 6.61. The van der Waals surface area contributed by atoms with Gasteiger partial charge in [0.1, 0.15) is 0 Å². The van der Waals surface area contributed by atoms with E-state index in [2.05, 4.69) is 16.9 Å². The van der Waals surface area contributed by atoms with Crippen molar-refractivity contribution in [2.24, 2.45) is 12.5 Å². The summed E-state index contributed by atoms with van der Waals surface area (Å²) in [6.45, 7) is 4.98. The number of rotatable bonds is 4. The summed E-state index contributed by atoms with van der Waals surface area (Å²) in [5, 5.41) is 14.1. The lowest BCUT2D eigenvalue weighted by atomic mass is 9.76. The van der Waals surface area contributed by atoms with E-state index in [-0.39, 0.29) is 24.0 Å². The lowest BCUT2D eigenvalue weighted by Crippen LogP contribution is -2.56. The topological polar surface area (TPSA) is 61.6 Å². The predicted molar refractivity (Wildman–Crippen MR) is 89.2 cm³/mol. The molecule has 1 unspecified atom stereocenters. The molecule has 0 aromatic carbocycles. The number of hydrogen-bond donors (Lipinski definition) is 1. The van der Waals surface area contributed by atoms with Crippen LogP contribution in [0, 0.1) is 5.41 Å². The van der Waals surface area contributed by atoms with Gasteiger partial charge in [0.05, 0.1) is 6.04 Å². The molecule has 128 valence electrons. The van der Waals surface area contributed by atoms with Crippen LogP contribution in [0.1, 0.15) is 39.0 Å². The summed E-state index contributed by atoms with van der Waals surface area (Å²) in [4.78, 5) is 17.1. The zero-order valence-electron chi connectivity index (χ0n) is 14.2. The lowest BCUT2D eigenvalue weighted by molar-refractivity contribution is -0.126. The van der Waals surface area contributed by atoms with Gasteiger partial charge in [0.25, 0.3) is 0 Å². The third-order valence-corrected chi connectivity index (χ3v) is 5.77. The summed E-state index contributed by atoms with van der Waals surface area (Å²) in [6, 6.07) is 1.88. The van der Waals surface area contributed by atoms with Crippen LogP contribution in [0.3, 0.4) is 0 Å². The van der Waals surface area contributed by atoms with Crippen molar-refractivity contribution in [3.8, 4) is 0 Å². The second-order valence-corrected chi connectivity index (χ2v) is 7.04. The lowest BCUT2D eigenvalue weighted by Gasteiger charge is -2.45. The summed E-state index contributed by atoms with van der Waals surface area (Å²) in [6.07, 6.45) is 6.80. The Hall–Kier alpha value is -1.40. The van der Waals surface area contributed by atoms with Crippen LogP contribution in [0.15, 0.2) is 12.3 Å². The molecule has 0 saturated carbocycles. The minimum Gasteiger partial charge on any atom is -0.396 e. The molecule has 0 radical (unpaired) electrons. The van der Waals surface area contributed by atoms with Gasteiger partial charge in [-0.15, -0.1) is 0 Å². The predicted octanol–water partition coefficient (Wildman–Crippen LogP) is 1.40. The summed E-state index contributed by atoms with van der Waals surface area (Å²) in [5.41, 5.74) is 0.0644. The molecule has 1 N–H and O–H groups in total. The molecule has 0 spiro atoms. The molecule has 6 nitrogen and oxygen atoms in total. The van der Waals surface area contributed by atoms with Gasteiger partial charge >= 0.3 is 0 Å². The van der Waals surface area contributed by atoms with Crippen molar-refractivity contribution >= 4 is 11.7 Å². The molecule has 3 heterocycles. The number of aliphatic hydroxyl groups excluding tert-OH is 1. The van der Waals surface area contributed by atoms with Crippen LogP contribution in [0.4, 0.5) is 5.82 Å². The standard InChI is InChI=1S/C17H28N4O2/c1-3-17(13-22)7-11-20(12-8-17)14-5-4-9-21(16(14)23)15-6-10-19(2)18-15/h6,10,14,22H,3-5,7-9,11-13H2,1-2H3. The fourth-order valence-corrected chi connectivity index (χ4v) is 3.90. The Morgan fingerprint density at radius 3 is 2.65 bits per heavy atom. The van der Waals surface area contributed by atoms with Crippen LogP contribution < -0.4 is 4.90 Å². The molecular weight excluding hydrogens is 292 g/mol. The number of hydrogen-bond acceptors (Lipinski definition) is 4. The van der Waals surface area contributed by atoms with E-state index in [9.17, 15) is 9.90 Å². The van der Waals surface area contributed by atoms with Crippen molar-refractivity contribution < 1.29 is 9.90 Å². The van der Waals surface area contributed by atoms with Gasteiger partial charge in [0.15, 0.2) is 5.82 Å². The first kappa shape index (κ1) is 16.5. The van der Waals surface area contributed by atoms with Gasteiger partial charge in [-0.2, -0.15) is 5.10 Å². The minimum absolute atomic E-state index is 0.0284. The van der Waals surface area contributed by atoms with Crippen LogP contribution in [0.5, 0.6) is 0 Å². The van der Waals surface area contributed by atoms with E-state index in [1.54, 1.807) is 4.68 Å². The van der Waals surface area contributed by atoms with E-state index in [1.165, 1.54) is 0 Å². The van der Waals surface area contributed by atoms with Crippen molar-refractivity contribution in [1.82, 2.24) is 14.7 Å². The van der Waals surface area contributed by atoms with Crippen LogP contribution in [-0.4, -0.2) is 58.0 Å². The largest absolute Gasteiger partial charge is 0.396 e. The molecule has 1 aromatic heterocycles. The average Bonchev–Trinajstić information content (AvgIpc) is 3.01. The van der Waals surface area contributed by atoms with Crippen LogP contribution in [0.25, 0.3) is 0 Å². The Balaban J connectivity index is 1.68. The monoisotopic (exact) mass is 320 g/mol. The summed E-state index contributed by atoms with van der Waals surface area (Å²) < 4.78 is 1.74. The Labute approximate surface area is 138 Å². The fraction of sp³-hybridized carbons (Fsp3) is 0.765. The van der Waals surface area contributed by atoms with Gasteiger partial charge in [0, 0.05) is 32.5 Å². The molecule has 1 aromatic rings. The number of carbonyl (C=O) groups excluding carboxylic acids is 1. The Morgan fingerprint density at radius 1 is 1.35 bits per heavy atom. The van der Waals surface area contributed by atoms with Crippen molar-refractivity contribution in [2.45, 2.75) is 45.1 Å². The van der Waals surface area contributed by atoms with Crippen molar-refractivity contribution in [1.29, 1.82) is 0 Å². The van der Waals surface area contributed by atoms with Gasteiger partial charge in [-0.25, -0.2) is 0 Å². The highest BCUT2D eigenvalue weighted by molar-refractivity contribution is 5.97. The molecule has 2 saturated heterocycles. The number of nitrogens with zero attached hydrogens (tertiary/aromatic N) is 4. The second-order valence-electron chi connectivity index (χ2n) is 7.04. The van der Waals surface area contributed by atoms with E-state index in [1.807, 2.05) is 24.2 Å². The number of piperidine rings is 2. The molecule has 2 aliphatic rings. The quantitative estimate of drug-likeness (QED) is 0.911. The highest BCUT2D eigenvalue weighted by atomic mass is 16.3. The molecule has 2 aliphatic heterocycles. The summed E-state index contributed by atoms with van der Waals surface area (Å²) in [7, 11) is 1.87. The molecule has 6 heteroatoms. The highest BCUT2D eigenvalue weighted by Gasteiger charge is 2.39. The number of amides is 1. The molecule has 0 aliphatic carbocycles. The number of aliphatic hydroxyl groups is 1. The molecule has 1 atom stereocenters. The summed E-state index contributed by atoms with van der Waals surface area (Å²) in [5.74, 6) is 0.945. The minimum atomic E-state index is -0.0284. The molecule has 1 amide bonds. The number of carbonyl (C=O) groups is 1. The van der Waals surface area contributed by atoms with Gasteiger partial charge in [-0.05, 0) is 50.6 Å². The maximum absolute atomic E-state index is 12.9. The Kier molecular flexibility index (Phi) is 4.73. The van der Waals surface area contributed by atoms with Crippen LogP contribution >= 0.6 is 0 Å². The van der Waals surface area contributed by atoms with E-state index in [0.29, 0.717) is 0 Å². The number of aromatic nitrogens is 2. The smallest absolute Gasteiger partial charge is 0.245 e. The summed E-state index contributed by atoms with van der Waals surface area (Å²) >= 11 is 0. The fourth-order valence-electron chi connectivity index (χ4n) is 3.90. The maximum Gasteiger partial charge on any atom is 0.245 e. The first-order valence-electron chi connectivity index (χ1n) is 8.74. The average molecular weight is 320 g/mol. The third kappa shape index (κ3) is 3.15. The molecule has 3 rings (SSSR count). The van der Waals surface area contributed by atoms with Gasteiger partial charge in [-0.1, -0.05) is 6.92 Å². The van der Waals surface area contributed by atoms with Crippen molar-refractivity contribution in [2.75, 3.05) is 31.1 Å². The van der Waals surface area contributed by atoms with Gasteiger partial charge < -0.3 is 5.11 Å². The van der Waals surface area contributed by atoms with Gasteiger partial charge in [-0.3, -0.25) is 19.3 Å². The Morgan fingerprint density at radius 2 is 2.09 bits per heavy atom. The first-order chi connectivity index (χ1) is 11.1. The molecule has 0 bridgehead atoms. The van der Waals surface area contributed by atoms with E-state index in [0.717, 1.165) is 57.6 Å². The van der Waals surface area contributed by atoms with Crippen LogP contribution in [0.2, 0.25) is 0 Å². The Bertz CT molecular complexity index is 543. The van der Waals surface area contributed by atoms with E-state index < -0.39 is 0 Å². The van der Waals surface area contributed by atoms with Crippen molar-refractivity contribution in [3.63, 3.8) is 0 Å². The number of anilines is 1. The molecular formula is C17H28N4O2. The molecule has 23 heavy (non-hydrogen) atoms. The molecule has 2 fully saturated rings. The van der Waals surface area contributed by atoms with Crippen molar-refractivity contribution in [3.05, 3.63) is 12.3 Å². The van der Waals surface area contributed by atoms with Crippen LogP contribution in [-0.2, 0) is 11.8 Å². The van der Waals surface area contributed by atoms with E-state index >= 15 is 0 Å². The normalized spacial score (nSPS) is 25.8.